The van der Waals surface area contributed by atoms with Crippen molar-refractivity contribution in [2.75, 3.05) is 44.6 Å². The predicted molar refractivity (Wildman–Crippen MR) is 147 cm³/mol. The highest BCUT2D eigenvalue weighted by Gasteiger charge is 2.42. The van der Waals surface area contributed by atoms with Gasteiger partial charge in [-0.25, -0.2) is 0 Å². The van der Waals surface area contributed by atoms with Gasteiger partial charge >= 0.3 is 0 Å². The molecule has 5 heteroatoms. The predicted octanol–water partition coefficient (Wildman–Crippen LogP) is 4.68. The van der Waals surface area contributed by atoms with Crippen LogP contribution >= 0.6 is 0 Å². The molecule has 0 saturated carbocycles. The summed E-state index contributed by atoms with van der Waals surface area (Å²) in [4.78, 5) is 17.1. The molecule has 36 heavy (non-hydrogen) atoms. The van der Waals surface area contributed by atoms with Crippen molar-refractivity contribution in [2.24, 2.45) is 5.92 Å². The lowest BCUT2D eigenvalue weighted by Crippen LogP contribution is -2.48. The number of amides is 1. The van der Waals surface area contributed by atoms with Gasteiger partial charge in [-0.05, 0) is 88.7 Å². The number of aliphatic hydroxyl groups excluding tert-OH is 1. The molecule has 0 aliphatic carbocycles. The maximum absolute atomic E-state index is 12.7. The Morgan fingerprint density at radius 2 is 1.72 bits per heavy atom. The van der Waals surface area contributed by atoms with E-state index in [0.717, 1.165) is 70.5 Å². The van der Waals surface area contributed by atoms with Gasteiger partial charge in [0.05, 0.1) is 6.10 Å². The standard InChI is InChI=1S/C31H41N3O2/c1-22-4-6-28-27(19-22)31(21-32-28)10-14-33(15-11-31)20-29(35)26-8-12-34(13-9-26)30(36)7-5-25-17-23(2)16-24(3)18-25/h4-7,16-19,26,29,32,35H,8-15,20-21H2,1-3H3/b7-5+. The maximum Gasteiger partial charge on any atom is 0.246 e. The van der Waals surface area contributed by atoms with Gasteiger partial charge in [-0.1, -0.05) is 47.0 Å². The first kappa shape index (κ1) is 25.0. The van der Waals surface area contributed by atoms with Crippen molar-refractivity contribution in [1.29, 1.82) is 0 Å². The third-order valence-electron chi connectivity index (χ3n) is 8.68. The second-order valence-electron chi connectivity index (χ2n) is 11.5. The number of rotatable bonds is 5. The van der Waals surface area contributed by atoms with Gasteiger partial charge in [-0.15, -0.1) is 0 Å². The normalized spacial score (nSPS) is 21.1. The minimum absolute atomic E-state index is 0.0733. The number of carbonyl (C=O) groups is 1. The summed E-state index contributed by atoms with van der Waals surface area (Å²) < 4.78 is 0. The van der Waals surface area contributed by atoms with Crippen molar-refractivity contribution >= 4 is 17.7 Å². The lowest BCUT2D eigenvalue weighted by atomic mass is 9.74. The fourth-order valence-electron chi connectivity index (χ4n) is 6.52. The van der Waals surface area contributed by atoms with Gasteiger partial charge in [0.25, 0.3) is 0 Å². The molecule has 2 aromatic carbocycles. The van der Waals surface area contributed by atoms with Crippen LogP contribution in [-0.2, 0) is 10.2 Å². The third-order valence-corrected chi connectivity index (χ3v) is 8.68. The lowest BCUT2D eigenvalue weighted by Gasteiger charge is -2.41. The Morgan fingerprint density at radius 1 is 1.03 bits per heavy atom. The quantitative estimate of drug-likeness (QED) is 0.601. The Hall–Kier alpha value is -2.63. The van der Waals surface area contributed by atoms with E-state index in [2.05, 4.69) is 67.4 Å². The molecule has 3 aliphatic heterocycles. The molecule has 5 nitrogen and oxygen atoms in total. The highest BCUT2D eigenvalue weighted by Crippen LogP contribution is 2.44. The second-order valence-corrected chi connectivity index (χ2v) is 11.5. The summed E-state index contributed by atoms with van der Waals surface area (Å²) >= 11 is 0. The molecule has 192 valence electrons. The number of benzene rings is 2. The molecule has 0 radical (unpaired) electrons. The molecule has 2 N–H and O–H groups in total. The molecule has 1 unspecified atom stereocenters. The van der Waals surface area contributed by atoms with E-state index in [-0.39, 0.29) is 23.3 Å². The van der Waals surface area contributed by atoms with E-state index in [1.54, 1.807) is 6.08 Å². The Balaban J connectivity index is 1.08. The Kier molecular flexibility index (Phi) is 7.23. The summed E-state index contributed by atoms with van der Waals surface area (Å²) in [5, 5.41) is 14.7. The number of likely N-dealkylation sites (tertiary alicyclic amines) is 2. The van der Waals surface area contributed by atoms with Crippen LogP contribution in [0.2, 0.25) is 0 Å². The highest BCUT2D eigenvalue weighted by atomic mass is 16.3. The van der Waals surface area contributed by atoms with Gasteiger partial charge in [-0.2, -0.15) is 0 Å². The zero-order valence-electron chi connectivity index (χ0n) is 22.1. The van der Waals surface area contributed by atoms with Gasteiger partial charge in [0.2, 0.25) is 5.91 Å². The van der Waals surface area contributed by atoms with Crippen molar-refractivity contribution in [3.05, 3.63) is 70.3 Å². The van der Waals surface area contributed by atoms with E-state index in [1.807, 2.05) is 11.0 Å². The molecule has 1 spiro atoms. The SMILES string of the molecule is Cc1cc(C)cc(/C=C/C(=O)N2CCC(C(O)CN3CCC4(CC3)CNc3ccc(C)cc34)CC2)c1. The van der Waals surface area contributed by atoms with Crippen LogP contribution in [0.25, 0.3) is 6.08 Å². The smallest absolute Gasteiger partial charge is 0.246 e. The molecule has 5 rings (SSSR count). The highest BCUT2D eigenvalue weighted by molar-refractivity contribution is 5.91. The fourth-order valence-corrected chi connectivity index (χ4v) is 6.52. The summed E-state index contributed by atoms with van der Waals surface area (Å²) in [5.41, 5.74) is 7.87. The summed E-state index contributed by atoms with van der Waals surface area (Å²) in [6.45, 7) is 11.6. The van der Waals surface area contributed by atoms with Crippen LogP contribution in [0.5, 0.6) is 0 Å². The van der Waals surface area contributed by atoms with E-state index < -0.39 is 0 Å². The number of hydrogen-bond donors (Lipinski definition) is 2. The number of β-amino-alcohol motifs (C(OH)–C–C–N with tert-alkyl or cyclic N) is 1. The molecular formula is C31H41N3O2. The average molecular weight is 488 g/mol. The fraction of sp³-hybridized carbons (Fsp3) is 0.516. The van der Waals surface area contributed by atoms with Gasteiger partial charge in [0.15, 0.2) is 0 Å². The number of carbonyl (C=O) groups excluding carboxylic acids is 1. The van der Waals surface area contributed by atoms with E-state index in [0.29, 0.717) is 0 Å². The largest absolute Gasteiger partial charge is 0.392 e. The van der Waals surface area contributed by atoms with Gasteiger partial charge in [-0.3, -0.25) is 4.79 Å². The van der Waals surface area contributed by atoms with E-state index in [9.17, 15) is 9.90 Å². The minimum atomic E-state index is -0.321. The molecule has 3 heterocycles. The molecule has 2 fully saturated rings. The molecule has 0 bridgehead atoms. The molecule has 3 aliphatic rings. The van der Waals surface area contributed by atoms with Crippen LogP contribution in [0.1, 0.15) is 53.5 Å². The van der Waals surface area contributed by atoms with Crippen LogP contribution in [0, 0.1) is 26.7 Å². The monoisotopic (exact) mass is 487 g/mol. The van der Waals surface area contributed by atoms with Crippen LogP contribution in [0.15, 0.2) is 42.5 Å². The zero-order chi connectivity index (χ0) is 25.3. The van der Waals surface area contributed by atoms with Gasteiger partial charge in [0, 0.05) is 43.4 Å². The van der Waals surface area contributed by atoms with Crippen molar-refractivity contribution < 1.29 is 9.90 Å². The number of nitrogens with zero attached hydrogens (tertiary/aromatic N) is 2. The molecule has 1 atom stereocenters. The second kappa shape index (κ2) is 10.4. The number of piperidine rings is 2. The van der Waals surface area contributed by atoms with Crippen molar-refractivity contribution in [2.45, 2.75) is 58.0 Å². The molecular weight excluding hydrogens is 446 g/mol. The number of aliphatic hydroxyl groups is 1. The summed E-state index contributed by atoms with van der Waals surface area (Å²) in [7, 11) is 0. The Bertz CT molecular complexity index is 1100. The number of hydrogen-bond acceptors (Lipinski definition) is 4. The van der Waals surface area contributed by atoms with Crippen molar-refractivity contribution in [1.82, 2.24) is 9.80 Å². The van der Waals surface area contributed by atoms with Crippen LogP contribution in [0.3, 0.4) is 0 Å². The van der Waals surface area contributed by atoms with Gasteiger partial charge < -0.3 is 20.2 Å². The molecule has 2 aromatic rings. The first-order valence-electron chi connectivity index (χ1n) is 13.6. The first-order valence-corrected chi connectivity index (χ1v) is 13.6. The Morgan fingerprint density at radius 3 is 2.42 bits per heavy atom. The average Bonchev–Trinajstić information content (AvgIpc) is 3.20. The maximum atomic E-state index is 12.7. The van der Waals surface area contributed by atoms with Crippen molar-refractivity contribution in [3.8, 4) is 0 Å². The summed E-state index contributed by atoms with van der Waals surface area (Å²) in [5.74, 6) is 0.342. The van der Waals surface area contributed by atoms with E-state index >= 15 is 0 Å². The first-order chi connectivity index (χ1) is 17.3. The Labute approximate surface area is 216 Å². The lowest BCUT2D eigenvalue weighted by molar-refractivity contribution is -0.128. The topological polar surface area (TPSA) is 55.8 Å². The molecule has 0 aromatic heterocycles. The van der Waals surface area contributed by atoms with Crippen LogP contribution < -0.4 is 5.32 Å². The van der Waals surface area contributed by atoms with Crippen LogP contribution in [0.4, 0.5) is 5.69 Å². The summed E-state index contributed by atoms with van der Waals surface area (Å²) in [6.07, 6.45) is 7.33. The number of anilines is 1. The minimum Gasteiger partial charge on any atom is -0.392 e. The zero-order valence-corrected chi connectivity index (χ0v) is 22.1. The van der Waals surface area contributed by atoms with Crippen LogP contribution in [-0.4, -0.2) is 66.2 Å². The molecule has 2 saturated heterocycles. The molecule has 1 amide bonds. The number of aryl methyl sites for hydroxylation is 3. The van der Waals surface area contributed by atoms with E-state index in [1.165, 1.54) is 27.9 Å². The number of nitrogens with one attached hydrogen (secondary N) is 1. The van der Waals surface area contributed by atoms with Crippen molar-refractivity contribution in [3.63, 3.8) is 0 Å². The van der Waals surface area contributed by atoms with Gasteiger partial charge in [0.1, 0.15) is 0 Å². The number of fused-ring (bicyclic) bond motifs is 2. The summed E-state index contributed by atoms with van der Waals surface area (Å²) in [6, 6.07) is 13.1. The third kappa shape index (κ3) is 5.37. The van der Waals surface area contributed by atoms with E-state index in [4.69, 9.17) is 0 Å².